The van der Waals surface area contributed by atoms with E-state index in [2.05, 4.69) is 9.98 Å². The van der Waals surface area contributed by atoms with E-state index < -0.39 is 92.0 Å². The van der Waals surface area contributed by atoms with Gasteiger partial charge in [0.15, 0.2) is 58.1 Å². The molecule has 0 atom stereocenters. The van der Waals surface area contributed by atoms with Crippen LogP contribution in [0.1, 0.15) is 31.8 Å². The summed E-state index contributed by atoms with van der Waals surface area (Å²) in [5.41, 5.74) is -4.49. The van der Waals surface area contributed by atoms with Gasteiger partial charge >= 0.3 is 0 Å². The zero-order chi connectivity index (χ0) is 37.5. The lowest BCUT2D eigenvalue weighted by Crippen LogP contribution is -2.14. The van der Waals surface area contributed by atoms with E-state index in [9.17, 15) is 64.0 Å². The minimum atomic E-state index is -2.46. The number of nitrogens with zero attached hydrogens (tertiary/aromatic N) is 4. The first kappa shape index (κ1) is 33.6. The average Bonchev–Trinajstić information content (AvgIpc) is 3.61. The maximum Gasteiger partial charge on any atom is 0.206 e. The van der Waals surface area contributed by atoms with Crippen molar-refractivity contribution in [3.63, 3.8) is 0 Å². The third-order valence-electron chi connectivity index (χ3n) is 8.52. The molecular formula is C36H8F10N4O2. The highest BCUT2D eigenvalue weighted by molar-refractivity contribution is 6.23. The van der Waals surface area contributed by atoms with E-state index in [1.807, 2.05) is 0 Å². The molecule has 7 rings (SSSR count). The molecule has 0 aromatic heterocycles. The van der Waals surface area contributed by atoms with Crippen molar-refractivity contribution < 1.29 is 53.5 Å². The highest BCUT2D eigenvalue weighted by atomic mass is 19.2. The van der Waals surface area contributed by atoms with Crippen LogP contribution in [0.25, 0.3) is 43.1 Å². The first-order chi connectivity index (χ1) is 24.7. The van der Waals surface area contributed by atoms with Gasteiger partial charge in [-0.05, 0) is 45.8 Å². The van der Waals surface area contributed by atoms with Gasteiger partial charge in [0, 0.05) is 32.7 Å². The van der Waals surface area contributed by atoms with Crippen molar-refractivity contribution in [3.8, 4) is 12.4 Å². The van der Waals surface area contributed by atoms with Crippen molar-refractivity contribution in [3.05, 3.63) is 140 Å². The Hall–Kier alpha value is -6.94. The number of hydrogen-bond donors (Lipinski definition) is 0. The Labute approximate surface area is 280 Å². The maximum absolute atomic E-state index is 14.5. The molecule has 0 radical (unpaired) electrons. The van der Waals surface area contributed by atoms with Crippen molar-refractivity contribution >= 4 is 54.7 Å². The zero-order valence-corrected chi connectivity index (χ0v) is 25.0. The Morgan fingerprint density at radius 1 is 0.404 bits per heavy atom. The fraction of sp³-hybridized carbons (Fsp3) is 0. The summed E-state index contributed by atoms with van der Waals surface area (Å²) in [6, 6.07) is 9.63. The first-order valence-electron chi connectivity index (χ1n) is 14.3. The van der Waals surface area contributed by atoms with Crippen molar-refractivity contribution in [1.82, 2.24) is 0 Å². The van der Waals surface area contributed by atoms with Crippen LogP contribution < -0.4 is 10.7 Å². The van der Waals surface area contributed by atoms with Crippen LogP contribution in [0.15, 0.2) is 58.5 Å². The molecule has 254 valence electrons. The van der Waals surface area contributed by atoms with Gasteiger partial charge < -0.3 is 0 Å². The summed E-state index contributed by atoms with van der Waals surface area (Å²) in [6.45, 7) is 0. The van der Waals surface area contributed by atoms with E-state index in [-0.39, 0.29) is 43.0 Å². The normalized spacial score (nSPS) is 12.4. The van der Waals surface area contributed by atoms with Crippen molar-refractivity contribution in [2.24, 2.45) is 9.98 Å². The Morgan fingerprint density at radius 2 is 0.692 bits per heavy atom. The number of rotatable bonds is 4. The summed E-state index contributed by atoms with van der Waals surface area (Å²) in [7, 11) is 0. The highest BCUT2D eigenvalue weighted by Gasteiger charge is 2.32. The SMILES string of the molecule is N#C/N=c1/c2cc(C(=O)c3c(F)c(F)c(F)c(F)c3F)ccc2c2cc3c(cc12)/c(=N/C#N)c1cc(C(=O)c2c(F)c(F)c(F)c(F)c2F)ccc13. The zero-order valence-electron chi connectivity index (χ0n) is 25.0. The Kier molecular flexibility index (Phi) is 7.64. The monoisotopic (exact) mass is 718 g/mol. The molecule has 0 unspecified atom stereocenters. The van der Waals surface area contributed by atoms with Gasteiger partial charge in [-0.3, -0.25) is 9.59 Å². The molecule has 52 heavy (non-hydrogen) atoms. The maximum atomic E-state index is 14.5. The van der Waals surface area contributed by atoms with Crippen LogP contribution >= 0.6 is 0 Å². The number of fused-ring (bicyclic) bond motifs is 6. The number of halogens is 10. The summed E-state index contributed by atoms with van der Waals surface area (Å²) in [5, 5.41) is 20.4. The molecule has 7 aromatic carbocycles. The molecule has 0 heterocycles. The minimum absolute atomic E-state index is 0.0395. The Morgan fingerprint density at radius 3 is 1.02 bits per heavy atom. The lowest BCUT2D eigenvalue weighted by atomic mass is 9.99. The first-order valence-corrected chi connectivity index (χ1v) is 14.3. The fourth-order valence-electron chi connectivity index (χ4n) is 6.20. The molecule has 6 nitrogen and oxygen atoms in total. The standard InChI is InChI=1S/C36H8F10N4O2/c37-23-21(24(38)28(42)31(45)27(23)41)35(51)11-1-3-13-15-7-16-14-4-2-12(36(52)22-25(39)29(43)32(46)30(44)26(22)40)6-18(14)34(50-10-48)20(16)8-19(15)33(49-9-47)17(13)5-11/h1-8H/b49-33-,50-34+. The largest absolute Gasteiger partial charge is 0.288 e. The fourth-order valence-corrected chi connectivity index (χ4v) is 6.20. The summed E-state index contributed by atoms with van der Waals surface area (Å²) < 4.78 is 141. The number of benzene rings is 5. The molecule has 0 saturated heterocycles. The van der Waals surface area contributed by atoms with Crippen LogP contribution in [0, 0.1) is 81.1 Å². The smallest absolute Gasteiger partial charge is 0.206 e. The number of carbonyl (C=O) groups excluding carboxylic acids is 2. The van der Waals surface area contributed by atoms with E-state index in [0.717, 1.165) is 24.3 Å². The number of hydrogen-bond acceptors (Lipinski definition) is 6. The van der Waals surface area contributed by atoms with Gasteiger partial charge in [0.05, 0.1) is 10.7 Å². The van der Waals surface area contributed by atoms with E-state index in [0.29, 0.717) is 10.8 Å². The van der Waals surface area contributed by atoms with Crippen LogP contribution in [-0.2, 0) is 0 Å². The van der Waals surface area contributed by atoms with Gasteiger partial charge in [-0.25, -0.2) is 43.9 Å². The van der Waals surface area contributed by atoms with Gasteiger partial charge in [-0.1, -0.05) is 24.3 Å². The van der Waals surface area contributed by atoms with Gasteiger partial charge in [0.25, 0.3) is 0 Å². The summed E-state index contributed by atoms with van der Waals surface area (Å²) in [4.78, 5) is 33.8. The topological polar surface area (TPSA) is 106 Å². The van der Waals surface area contributed by atoms with E-state index in [1.54, 1.807) is 12.4 Å². The molecule has 16 heteroatoms. The molecule has 0 fully saturated rings. The lowest BCUT2D eigenvalue weighted by Gasteiger charge is -2.08. The molecule has 0 bridgehead atoms. The highest BCUT2D eigenvalue weighted by Crippen LogP contribution is 2.35. The second kappa shape index (κ2) is 11.8. The Bertz CT molecular complexity index is 2780. The lowest BCUT2D eigenvalue weighted by molar-refractivity contribution is 0.102. The molecule has 0 amide bonds. The van der Waals surface area contributed by atoms with Crippen molar-refractivity contribution in [2.75, 3.05) is 0 Å². The third-order valence-corrected chi connectivity index (χ3v) is 8.52. The summed E-state index contributed by atoms with van der Waals surface area (Å²) >= 11 is 0. The van der Waals surface area contributed by atoms with Crippen molar-refractivity contribution in [1.29, 1.82) is 10.5 Å². The van der Waals surface area contributed by atoms with Gasteiger partial charge in [-0.15, -0.1) is 0 Å². The summed E-state index contributed by atoms with van der Waals surface area (Å²) in [6.07, 6.45) is 3.14. The predicted octanol–water partition coefficient (Wildman–Crippen LogP) is 7.79. The van der Waals surface area contributed by atoms with E-state index >= 15 is 0 Å². The summed E-state index contributed by atoms with van der Waals surface area (Å²) in [5.74, 6) is -26.8. The number of carbonyl (C=O) groups is 2. The van der Waals surface area contributed by atoms with Crippen LogP contribution in [0.5, 0.6) is 0 Å². The molecular weight excluding hydrogens is 710 g/mol. The quantitative estimate of drug-likeness (QED) is 0.0609. The number of ketones is 2. The molecule has 0 N–H and O–H groups in total. The second-order valence-corrected chi connectivity index (χ2v) is 11.1. The molecule has 0 saturated carbocycles. The molecule has 0 aliphatic heterocycles. The van der Waals surface area contributed by atoms with Gasteiger partial charge in [0.2, 0.25) is 24.0 Å². The molecule has 0 aliphatic rings. The van der Waals surface area contributed by atoms with E-state index in [4.69, 9.17) is 0 Å². The van der Waals surface area contributed by atoms with Crippen LogP contribution in [0.4, 0.5) is 43.9 Å². The average molecular weight is 718 g/mol. The minimum Gasteiger partial charge on any atom is -0.288 e. The molecule has 0 aliphatic carbocycles. The van der Waals surface area contributed by atoms with Crippen molar-refractivity contribution in [2.45, 2.75) is 0 Å². The van der Waals surface area contributed by atoms with E-state index in [1.165, 1.54) is 24.3 Å². The van der Waals surface area contributed by atoms with Crippen LogP contribution in [-0.4, -0.2) is 11.6 Å². The van der Waals surface area contributed by atoms with Crippen LogP contribution in [0.3, 0.4) is 0 Å². The third kappa shape index (κ3) is 4.57. The molecule has 7 aromatic rings. The van der Waals surface area contributed by atoms with Gasteiger partial charge in [-0.2, -0.15) is 20.5 Å². The number of nitriles is 2. The van der Waals surface area contributed by atoms with Crippen LogP contribution in [0.2, 0.25) is 0 Å². The second-order valence-electron chi connectivity index (χ2n) is 11.1. The molecule has 0 spiro atoms. The Balaban J connectivity index is 1.46. The van der Waals surface area contributed by atoms with Gasteiger partial charge in [0.1, 0.15) is 11.1 Å². The predicted molar refractivity (Wildman–Crippen MR) is 161 cm³/mol.